The van der Waals surface area contributed by atoms with E-state index in [1.807, 2.05) is 20.8 Å². The molecular formula is C14H26N2O3. The predicted molar refractivity (Wildman–Crippen MR) is 74.0 cm³/mol. The maximum atomic E-state index is 12.1. The molecular weight excluding hydrogens is 244 g/mol. The number of hydrogen-bond acceptors (Lipinski definition) is 2. The van der Waals surface area contributed by atoms with Gasteiger partial charge in [0.1, 0.15) is 6.04 Å². The highest BCUT2D eigenvalue weighted by molar-refractivity contribution is 5.82. The summed E-state index contributed by atoms with van der Waals surface area (Å²) in [7, 11) is 0. The molecule has 0 aromatic carbocycles. The average Bonchev–Trinajstić information content (AvgIpc) is 2.25. The summed E-state index contributed by atoms with van der Waals surface area (Å²) in [5.41, 5.74) is 0. The van der Waals surface area contributed by atoms with Crippen molar-refractivity contribution in [2.24, 2.45) is 11.8 Å². The first kappa shape index (κ1) is 15.8. The molecule has 1 aliphatic rings. The molecule has 1 aliphatic carbocycles. The number of nitrogens with zero attached hydrogens (tertiary/aromatic N) is 1. The van der Waals surface area contributed by atoms with Gasteiger partial charge in [0.2, 0.25) is 0 Å². The highest BCUT2D eigenvalue weighted by atomic mass is 16.4. The summed E-state index contributed by atoms with van der Waals surface area (Å²) in [6, 6.07) is -1.04. The smallest absolute Gasteiger partial charge is 0.326 e. The van der Waals surface area contributed by atoms with Crippen LogP contribution in [0.15, 0.2) is 0 Å². The number of carboxylic acids is 1. The largest absolute Gasteiger partial charge is 0.480 e. The predicted octanol–water partition coefficient (Wildman–Crippen LogP) is 2.32. The zero-order valence-corrected chi connectivity index (χ0v) is 12.2. The maximum absolute atomic E-state index is 12.1. The van der Waals surface area contributed by atoms with Gasteiger partial charge in [-0.05, 0) is 38.0 Å². The number of aliphatic carboxylic acids is 1. The molecule has 0 radical (unpaired) electrons. The molecule has 110 valence electrons. The van der Waals surface area contributed by atoms with Crippen molar-refractivity contribution in [3.05, 3.63) is 0 Å². The Kier molecular flexibility index (Phi) is 6.12. The molecule has 5 heteroatoms. The van der Waals surface area contributed by atoms with E-state index in [-0.39, 0.29) is 11.9 Å². The molecule has 0 unspecified atom stereocenters. The number of amides is 2. The Morgan fingerprint density at radius 3 is 2.37 bits per heavy atom. The van der Waals surface area contributed by atoms with Gasteiger partial charge in [0, 0.05) is 13.1 Å². The van der Waals surface area contributed by atoms with Gasteiger partial charge in [-0.3, -0.25) is 0 Å². The van der Waals surface area contributed by atoms with Gasteiger partial charge < -0.3 is 15.3 Å². The summed E-state index contributed by atoms with van der Waals surface area (Å²) >= 11 is 0. The molecule has 1 rings (SSSR count). The maximum Gasteiger partial charge on any atom is 0.326 e. The Bertz CT molecular complexity index is 314. The molecule has 19 heavy (non-hydrogen) atoms. The molecule has 2 amide bonds. The second-order valence-corrected chi connectivity index (χ2v) is 5.81. The Labute approximate surface area is 115 Å². The van der Waals surface area contributed by atoms with Crippen LogP contribution < -0.4 is 5.32 Å². The van der Waals surface area contributed by atoms with Crippen molar-refractivity contribution in [2.75, 3.05) is 13.1 Å². The van der Waals surface area contributed by atoms with Crippen molar-refractivity contribution in [1.82, 2.24) is 10.2 Å². The lowest BCUT2D eigenvalue weighted by molar-refractivity contribution is -0.139. The molecule has 0 spiro atoms. The standard InChI is InChI=1S/C14H26N2O3/c1-4-16(9-11-6-5-7-11)14(19)15-12(13(17)18)8-10(2)3/h10-12H,4-9H2,1-3H3,(H,15,19)(H,17,18)/t12-/m0/s1. The summed E-state index contributed by atoms with van der Waals surface area (Å²) in [6.07, 6.45) is 4.06. The summed E-state index contributed by atoms with van der Waals surface area (Å²) < 4.78 is 0. The van der Waals surface area contributed by atoms with Gasteiger partial charge in [0.25, 0.3) is 0 Å². The van der Waals surface area contributed by atoms with Crippen molar-refractivity contribution in [1.29, 1.82) is 0 Å². The Morgan fingerprint density at radius 1 is 1.37 bits per heavy atom. The van der Waals surface area contributed by atoms with Crippen LogP contribution in [0.1, 0.15) is 46.5 Å². The number of carbonyl (C=O) groups excluding carboxylic acids is 1. The van der Waals surface area contributed by atoms with Gasteiger partial charge in [0.15, 0.2) is 0 Å². The van der Waals surface area contributed by atoms with Crippen LogP contribution in [-0.2, 0) is 4.79 Å². The number of hydrogen-bond donors (Lipinski definition) is 2. The highest BCUT2D eigenvalue weighted by Crippen LogP contribution is 2.27. The van der Waals surface area contributed by atoms with Crippen LogP contribution in [0.5, 0.6) is 0 Å². The van der Waals surface area contributed by atoms with Crippen LogP contribution in [0.25, 0.3) is 0 Å². The molecule has 2 N–H and O–H groups in total. The van der Waals surface area contributed by atoms with E-state index < -0.39 is 12.0 Å². The molecule has 0 saturated heterocycles. The minimum atomic E-state index is -0.957. The van der Waals surface area contributed by atoms with Crippen LogP contribution in [0.3, 0.4) is 0 Å². The SMILES string of the molecule is CCN(CC1CCC1)C(=O)N[C@@H](CC(C)C)C(=O)O. The van der Waals surface area contributed by atoms with Gasteiger partial charge in [0.05, 0.1) is 0 Å². The van der Waals surface area contributed by atoms with Gasteiger partial charge in [-0.15, -0.1) is 0 Å². The van der Waals surface area contributed by atoms with Gasteiger partial charge in [-0.25, -0.2) is 9.59 Å². The van der Waals surface area contributed by atoms with E-state index in [1.54, 1.807) is 4.90 Å². The lowest BCUT2D eigenvalue weighted by Crippen LogP contribution is -2.50. The number of carbonyl (C=O) groups is 2. The fourth-order valence-electron chi connectivity index (χ4n) is 2.28. The first-order valence-corrected chi connectivity index (χ1v) is 7.22. The van der Waals surface area contributed by atoms with Crippen molar-refractivity contribution in [3.8, 4) is 0 Å². The molecule has 0 bridgehead atoms. The van der Waals surface area contributed by atoms with Crippen molar-refractivity contribution < 1.29 is 14.7 Å². The molecule has 1 fully saturated rings. The lowest BCUT2D eigenvalue weighted by Gasteiger charge is -2.32. The quantitative estimate of drug-likeness (QED) is 0.746. The zero-order valence-electron chi connectivity index (χ0n) is 12.2. The van der Waals surface area contributed by atoms with E-state index in [4.69, 9.17) is 5.11 Å². The number of urea groups is 1. The topological polar surface area (TPSA) is 69.6 Å². The van der Waals surface area contributed by atoms with E-state index in [0.717, 1.165) is 6.54 Å². The van der Waals surface area contributed by atoms with E-state index in [0.29, 0.717) is 18.9 Å². The number of rotatable bonds is 7. The monoisotopic (exact) mass is 270 g/mol. The minimum Gasteiger partial charge on any atom is -0.480 e. The van der Waals surface area contributed by atoms with E-state index in [9.17, 15) is 9.59 Å². The van der Waals surface area contributed by atoms with E-state index in [2.05, 4.69) is 5.32 Å². The molecule has 5 nitrogen and oxygen atoms in total. The summed E-state index contributed by atoms with van der Waals surface area (Å²) in [4.78, 5) is 25.0. The zero-order chi connectivity index (χ0) is 14.4. The van der Waals surface area contributed by atoms with Crippen LogP contribution in [0.2, 0.25) is 0 Å². The highest BCUT2D eigenvalue weighted by Gasteiger charge is 2.26. The third-order valence-electron chi connectivity index (χ3n) is 3.68. The minimum absolute atomic E-state index is 0.239. The lowest BCUT2D eigenvalue weighted by atomic mass is 9.85. The van der Waals surface area contributed by atoms with Crippen molar-refractivity contribution in [3.63, 3.8) is 0 Å². The first-order valence-electron chi connectivity index (χ1n) is 7.22. The third-order valence-corrected chi connectivity index (χ3v) is 3.68. The molecule has 0 aliphatic heterocycles. The Morgan fingerprint density at radius 2 is 2.00 bits per heavy atom. The van der Waals surface area contributed by atoms with Crippen LogP contribution in [0, 0.1) is 11.8 Å². The van der Waals surface area contributed by atoms with Crippen LogP contribution >= 0.6 is 0 Å². The summed E-state index contributed by atoms with van der Waals surface area (Å²) in [5.74, 6) is -0.121. The molecule has 1 atom stereocenters. The summed E-state index contributed by atoms with van der Waals surface area (Å²) in [5, 5.41) is 11.8. The Balaban J connectivity index is 2.50. The second kappa shape index (κ2) is 7.36. The number of carboxylic acid groups (broad SMARTS) is 1. The van der Waals surface area contributed by atoms with Crippen LogP contribution in [-0.4, -0.2) is 41.1 Å². The molecule has 0 aromatic heterocycles. The third kappa shape index (κ3) is 5.09. The Hall–Kier alpha value is -1.26. The van der Waals surface area contributed by atoms with Crippen molar-refractivity contribution in [2.45, 2.75) is 52.5 Å². The van der Waals surface area contributed by atoms with E-state index >= 15 is 0 Å². The van der Waals surface area contributed by atoms with Gasteiger partial charge >= 0.3 is 12.0 Å². The average molecular weight is 270 g/mol. The first-order chi connectivity index (χ1) is 8.93. The van der Waals surface area contributed by atoms with Crippen LogP contribution in [0.4, 0.5) is 4.79 Å². The second-order valence-electron chi connectivity index (χ2n) is 5.81. The van der Waals surface area contributed by atoms with Crippen molar-refractivity contribution >= 4 is 12.0 Å². The molecule has 0 aromatic rings. The molecule has 0 heterocycles. The van der Waals surface area contributed by atoms with Gasteiger partial charge in [-0.1, -0.05) is 20.3 Å². The van der Waals surface area contributed by atoms with Gasteiger partial charge in [-0.2, -0.15) is 0 Å². The number of nitrogens with one attached hydrogen (secondary N) is 1. The normalized spacial score (nSPS) is 16.8. The fourth-order valence-corrected chi connectivity index (χ4v) is 2.28. The summed E-state index contributed by atoms with van der Waals surface area (Å²) in [6.45, 7) is 7.20. The fraction of sp³-hybridized carbons (Fsp3) is 0.857. The van der Waals surface area contributed by atoms with E-state index in [1.165, 1.54) is 19.3 Å². The molecule has 1 saturated carbocycles.